The third-order valence-electron chi connectivity index (χ3n) is 2.53. The summed E-state index contributed by atoms with van der Waals surface area (Å²) in [6.45, 7) is 11.7. The highest BCUT2D eigenvalue weighted by atomic mass is 32.2. The molecule has 0 aromatic carbocycles. The molecule has 0 aliphatic carbocycles. The smallest absolute Gasteiger partial charge is 0.155 e. The first kappa shape index (κ1) is 13.9. The molecule has 0 saturated carbocycles. The summed E-state index contributed by atoms with van der Waals surface area (Å²) >= 11 is 0. The molecular formula is C11H24O2S. The summed E-state index contributed by atoms with van der Waals surface area (Å²) in [4.78, 5) is 0. The third-order valence-corrected chi connectivity index (χ3v) is 5.42. The minimum atomic E-state index is -2.93. The van der Waals surface area contributed by atoms with Crippen molar-refractivity contribution >= 4 is 9.84 Å². The summed E-state index contributed by atoms with van der Waals surface area (Å²) in [5.41, 5.74) is 0. The van der Waals surface area contributed by atoms with Crippen molar-refractivity contribution in [3.05, 3.63) is 0 Å². The van der Waals surface area contributed by atoms with E-state index in [0.29, 0.717) is 5.92 Å². The van der Waals surface area contributed by atoms with Crippen molar-refractivity contribution in [1.29, 1.82) is 0 Å². The predicted octanol–water partition coefficient (Wildman–Crippen LogP) is 2.88. The molecule has 0 radical (unpaired) electrons. The van der Waals surface area contributed by atoms with Crippen LogP contribution in [0.1, 0.15) is 48.0 Å². The maximum atomic E-state index is 12.0. The normalized spacial score (nSPS) is 15.5. The van der Waals surface area contributed by atoms with Crippen molar-refractivity contribution in [1.82, 2.24) is 0 Å². The molecule has 0 aliphatic rings. The van der Waals surface area contributed by atoms with E-state index in [-0.39, 0.29) is 16.4 Å². The molecule has 0 heterocycles. The first-order chi connectivity index (χ1) is 6.19. The molecule has 0 aromatic heterocycles. The van der Waals surface area contributed by atoms with Gasteiger partial charge in [-0.2, -0.15) is 0 Å². The molecule has 0 amide bonds. The second kappa shape index (κ2) is 5.15. The second-order valence-electron chi connectivity index (χ2n) is 5.05. The van der Waals surface area contributed by atoms with Crippen molar-refractivity contribution in [2.24, 2.45) is 11.8 Å². The molecule has 0 aliphatic heterocycles. The Bertz CT molecular complexity index is 250. The zero-order chi connectivity index (χ0) is 11.5. The SMILES string of the molecule is CC(C)CC(C(C)C)S(=O)(=O)C(C)C. The van der Waals surface area contributed by atoms with Gasteiger partial charge in [0.25, 0.3) is 0 Å². The summed E-state index contributed by atoms with van der Waals surface area (Å²) in [6.07, 6.45) is 0.776. The first-order valence-electron chi connectivity index (χ1n) is 5.42. The standard InChI is InChI=1S/C11H24O2S/c1-8(2)7-11(9(3)4)14(12,13)10(5)6/h8-11H,7H2,1-6H3. The van der Waals surface area contributed by atoms with Gasteiger partial charge in [0.2, 0.25) is 0 Å². The van der Waals surface area contributed by atoms with Crippen LogP contribution in [0.15, 0.2) is 0 Å². The number of rotatable bonds is 5. The third kappa shape index (κ3) is 3.60. The molecule has 0 aromatic rings. The Hall–Kier alpha value is -0.0500. The fourth-order valence-corrected chi connectivity index (χ4v) is 3.71. The van der Waals surface area contributed by atoms with Crippen LogP contribution in [0.25, 0.3) is 0 Å². The summed E-state index contributed by atoms with van der Waals surface area (Å²) in [6, 6.07) is 0. The molecule has 0 bridgehead atoms. The summed E-state index contributed by atoms with van der Waals surface area (Å²) < 4.78 is 24.0. The lowest BCUT2D eigenvalue weighted by atomic mass is 10.0. The van der Waals surface area contributed by atoms with Crippen LogP contribution in [0.2, 0.25) is 0 Å². The minimum absolute atomic E-state index is 0.178. The van der Waals surface area contributed by atoms with Crippen LogP contribution in [0.3, 0.4) is 0 Å². The fraction of sp³-hybridized carbons (Fsp3) is 1.00. The van der Waals surface area contributed by atoms with E-state index in [1.807, 2.05) is 13.8 Å². The number of sulfone groups is 1. The van der Waals surface area contributed by atoms with Crippen molar-refractivity contribution < 1.29 is 8.42 Å². The Balaban J connectivity index is 4.84. The molecule has 0 fully saturated rings. The number of hydrogen-bond donors (Lipinski definition) is 0. The van der Waals surface area contributed by atoms with Gasteiger partial charge in [0, 0.05) is 0 Å². The molecule has 0 rings (SSSR count). The molecule has 1 atom stereocenters. The van der Waals surface area contributed by atoms with Crippen LogP contribution in [0, 0.1) is 11.8 Å². The zero-order valence-electron chi connectivity index (χ0n) is 10.2. The van der Waals surface area contributed by atoms with Crippen LogP contribution in [0.4, 0.5) is 0 Å². The number of hydrogen-bond acceptors (Lipinski definition) is 2. The van der Waals surface area contributed by atoms with Crippen LogP contribution >= 0.6 is 0 Å². The predicted molar refractivity (Wildman–Crippen MR) is 62.1 cm³/mol. The van der Waals surface area contributed by atoms with Gasteiger partial charge in [-0.25, -0.2) is 8.42 Å². The molecule has 14 heavy (non-hydrogen) atoms. The molecule has 0 saturated heterocycles. The summed E-state index contributed by atoms with van der Waals surface area (Å²) in [5.74, 6) is 0.653. The Morgan fingerprint density at radius 2 is 1.36 bits per heavy atom. The van der Waals surface area contributed by atoms with Gasteiger partial charge >= 0.3 is 0 Å². The van der Waals surface area contributed by atoms with Crippen LogP contribution in [0.5, 0.6) is 0 Å². The van der Waals surface area contributed by atoms with Crippen LogP contribution in [-0.2, 0) is 9.84 Å². The van der Waals surface area contributed by atoms with Gasteiger partial charge in [0.15, 0.2) is 9.84 Å². The van der Waals surface area contributed by atoms with Crippen LogP contribution in [-0.4, -0.2) is 18.9 Å². The van der Waals surface area contributed by atoms with Crippen molar-refractivity contribution in [3.63, 3.8) is 0 Å². The molecule has 1 unspecified atom stereocenters. The summed E-state index contributed by atoms with van der Waals surface area (Å²) in [7, 11) is -2.93. The van der Waals surface area contributed by atoms with E-state index in [1.165, 1.54) is 0 Å². The van der Waals surface area contributed by atoms with Gasteiger partial charge in [0.1, 0.15) is 0 Å². The fourth-order valence-electron chi connectivity index (χ4n) is 1.60. The Labute approximate surface area is 89.0 Å². The molecule has 0 N–H and O–H groups in total. The van der Waals surface area contributed by atoms with Crippen molar-refractivity contribution in [3.8, 4) is 0 Å². The lowest BCUT2D eigenvalue weighted by Gasteiger charge is -2.24. The lowest BCUT2D eigenvalue weighted by molar-refractivity contribution is 0.455. The Morgan fingerprint density at radius 3 is 1.57 bits per heavy atom. The average molecular weight is 220 g/mol. The van der Waals surface area contributed by atoms with Gasteiger partial charge in [-0.1, -0.05) is 27.7 Å². The Morgan fingerprint density at radius 1 is 0.929 bits per heavy atom. The maximum absolute atomic E-state index is 12.0. The van der Waals surface area contributed by atoms with Gasteiger partial charge < -0.3 is 0 Å². The first-order valence-corrected chi connectivity index (χ1v) is 7.03. The van der Waals surface area contributed by atoms with E-state index in [9.17, 15) is 8.42 Å². The molecular weight excluding hydrogens is 196 g/mol. The summed E-state index contributed by atoms with van der Waals surface area (Å²) in [5, 5.41) is -0.434. The monoisotopic (exact) mass is 220 g/mol. The highest BCUT2D eigenvalue weighted by Gasteiger charge is 2.31. The quantitative estimate of drug-likeness (QED) is 0.714. The van der Waals surface area contributed by atoms with Crippen molar-refractivity contribution in [2.75, 3.05) is 0 Å². The molecule has 86 valence electrons. The zero-order valence-corrected chi connectivity index (χ0v) is 11.1. The largest absolute Gasteiger partial charge is 0.228 e. The average Bonchev–Trinajstić information content (AvgIpc) is 1.98. The van der Waals surface area contributed by atoms with E-state index in [0.717, 1.165) is 6.42 Å². The highest BCUT2D eigenvalue weighted by molar-refractivity contribution is 7.92. The Kier molecular flexibility index (Phi) is 5.13. The second-order valence-corrected chi connectivity index (χ2v) is 7.78. The van der Waals surface area contributed by atoms with Gasteiger partial charge in [-0.05, 0) is 32.1 Å². The van der Waals surface area contributed by atoms with E-state index in [1.54, 1.807) is 13.8 Å². The highest BCUT2D eigenvalue weighted by Crippen LogP contribution is 2.23. The minimum Gasteiger partial charge on any atom is -0.228 e. The topological polar surface area (TPSA) is 34.1 Å². The lowest BCUT2D eigenvalue weighted by Crippen LogP contribution is -2.33. The van der Waals surface area contributed by atoms with E-state index in [4.69, 9.17) is 0 Å². The van der Waals surface area contributed by atoms with Gasteiger partial charge in [-0.3, -0.25) is 0 Å². The van der Waals surface area contributed by atoms with E-state index < -0.39 is 9.84 Å². The molecule has 0 spiro atoms. The molecule has 3 heteroatoms. The van der Waals surface area contributed by atoms with E-state index in [2.05, 4.69) is 13.8 Å². The van der Waals surface area contributed by atoms with Crippen molar-refractivity contribution in [2.45, 2.75) is 58.5 Å². The van der Waals surface area contributed by atoms with Gasteiger partial charge in [-0.15, -0.1) is 0 Å². The van der Waals surface area contributed by atoms with Gasteiger partial charge in [0.05, 0.1) is 10.5 Å². The molecule has 2 nitrogen and oxygen atoms in total. The van der Waals surface area contributed by atoms with Crippen LogP contribution < -0.4 is 0 Å². The maximum Gasteiger partial charge on any atom is 0.155 e. The van der Waals surface area contributed by atoms with E-state index >= 15 is 0 Å².